The molecule has 4 aromatic rings. The molecule has 4 rings (SSSR count). The minimum atomic E-state index is -0.0271. The molecule has 0 aliphatic carbocycles. The number of carbonyl (C=O) groups excluding carboxylic acids is 1. The van der Waals surface area contributed by atoms with Crippen molar-refractivity contribution in [3.8, 4) is 27.9 Å². The highest BCUT2D eigenvalue weighted by atomic mass is 79.9. The fraction of sp³-hybridized carbons (Fsp3) is 0.0455. The Bertz CT molecular complexity index is 1220. The van der Waals surface area contributed by atoms with Crippen LogP contribution >= 0.6 is 39.0 Å². The first-order valence-electron chi connectivity index (χ1n) is 8.82. The van der Waals surface area contributed by atoms with Crippen molar-refractivity contribution in [3.63, 3.8) is 0 Å². The number of thiophene rings is 1. The van der Waals surface area contributed by atoms with Crippen LogP contribution in [0, 0.1) is 11.3 Å². The number of ketones is 1. The maximum Gasteiger partial charge on any atom is 0.173 e. The van der Waals surface area contributed by atoms with Crippen molar-refractivity contribution in [1.82, 2.24) is 15.0 Å². The van der Waals surface area contributed by atoms with Gasteiger partial charge in [0.1, 0.15) is 16.8 Å². The van der Waals surface area contributed by atoms with E-state index in [-0.39, 0.29) is 11.5 Å². The summed E-state index contributed by atoms with van der Waals surface area (Å²) in [6, 6.07) is 15.2. The molecule has 0 amide bonds. The molecule has 0 bridgehead atoms. The van der Waals surface area contributed by atoms with Gasteiger partial charge in [0.05, 0.1) is 23.2 Å². The summed E-state index contributed by atoms with van der Waals surface area (Å²) in [6.45, 7) is 0. The molecule has 3 heterocycles. The van der Waals surface area contributed by atoms with E-state index < -0.39 is 0 Å². The van der Waals surface area contributed by atoms with Crippen LogP contribution < -0.4 is 0 Å². The van der Waals surface area contributed by atoms with Gasteiger partial charge in [-0.05, 0) is 29.6 Å². The summed E-state index contributed by atoms with van der Waals surface area (Å²) >= 11 is 6.18. The van der Waals surface area contributed by atoms with Crippen molar-refractivity contribution < 1.29 is 4.79 Å². The largest absolute Gasteiger partial charge is 0.293 e. The standard InChI is InChI=1S/C22H13BrN4OS2/c23-15-5-3-14(4-6-15)20(28)13-30-22-17(11-24)16(21-2-1-9-29-21)10-18(27-22)19-12-25-7-8-26-19/h1-10,12H,13H2. The average molecular weight is 493 g/mol. The molecule has 0 aliphatic heterocycles. The summed E-state index contributed by atoms with van der Waals surface area (Å²) in [5.41, 5.74) is 3.08. The first kappa shape index (κ1) is 20.4. The van der Waals surface area contributed by atoms with Crippen LogP contribution in [0.25, 0.3) is 21.8 Å². The number of aromatic nitrogens is 3. The van der Waals surface area contributed by atoms with Crippen LogP contribution in [0.3, 0.4) is 0 Å². The number of halogens is 1. The van der Waals surface area contributed by atoms with E-state index in [1.807, 2.05) is 35.7 Å². The highest BCUT2D eigenvalue weighted by Gasteiger charge is 2.18. The Morgan fingerprint density at radius 3 is 2.67 bits per heavy atom. The minimum Gasteiger partial charge on any atom is -0.293 e. The molecular weight excluding hydrogens is 480 g/mol. The molecule has 0 radical (unpaired) electrons. The van der Waals surface area contributed by atoms with Crippen molar-refractivity contribution in [2.75, 3.05) is 5.75 Å². The first-order valence-corrected chi connectivity index (χ1v) is 11.5. The van der Waals surface area contributed by atoms with Gasteiger partial charge in [-0.15, -0.1) is 11.3 Å². The molecule has 0 fully saturated rings. The van der Waals surface area contributed by atoms with Crippen LogP contribution in [0.5, 0.6) is 0 Å². The summed E-state index contributed by atoms with van der Waals surface area (Å²) in [5.74, 6) is 0.151. The number of hydrogen-bond donors (Lipinski definition) is 0. The fourth-order valence-electron chi connectivity index (χ4n) is 2.78. The van der Waals surface area contributed by atoms with Crippen LogP contribution in [0.2, 0.25) is 0 Å². The topological polar surface area (TPSA) is 79.5 Å². The number of carbonyl (C=O) groups is 1. The molecule has 0 atom stereocenters. The van der Waals surface area contributed by atoms with Gasteiger partial charge in [0.15, 0.2) is 5.78 Å². The van der Waals surface area contributed by atoms with Crippen LogP contribution in [0.15, 0.2) is 75.9 Å². The summed E-state index contributed by atoms with van der Waals surface area (Å²) in [5, 5.41) is 12.3. The maximum atomic E-state index is 12.6. The van der Waals surface area contributed by atoms with Crippen LogP contribution in [-0.4, -0.2) is 26.5 Å². The second-order valence-corrected chi connectivity index (χ2v) is 8.96. The van der Waals surface area contributed by atoms with E-state index in [9.17, 15) is 10.1 Å². The van der Waals surface area contributed by atoms with Gasteiger partial charge in [-0.1, -0.05) is 45.9 Å². The van der Waals surface area contributed by atoms with E-state index in [1.165, 1.54) is 11.8 Å². The molecule has 5 nitrogen and oxygen atoms in total. The van der Waals surface area contributed by atoms with Crippen molar-refractivity contribution in [1.29, 1.82) is 5.26 Å². The highest BCUT2D eigenvalue weighted by molar-refractivity contribution is 9.10. The van der Waals surface area contributed by atoms with Gasteiger partial charge in [-0.3, -0.25) is 14.8 Å². The summed E-state index contributed by atoms with van der Waals surface area (Å²) in [7, 11) is 0. The lowest BCUT2D eigenvalue weighted by molar-refractivity contribution is 0.102. The summed E-state index contributed by atoms with van der Waals surface area (Å²) in [6.07, 6.45) is 4.83. The lowest BCUT2D eigenvalue weighted by atomic mass is 10.1. The molecule has 0 spiro atoms. The fourth-order valence-corrected chi connectivity index (χ4v) is 4.69. The first-order chi connectivity index (χ1) is 14.7. The molecule has 0 aliphatic rings. The van der Waals surface area contributed by atoms with Crippen molar-refractivity contribution in [2.24, 2.45) is 0 Å². The molecule has 146 valence electrons. The number of hydrogen-bond acceptors (Lipinski definition) is 7. The molecule has 0 saturated carbocycles. The zero-order chi connectivity index (χ0) is 20.9. The number of nitriles is 1. The third-order valence-corrected chi connectivity index (χ3v) is 6.62. The van der Waals surface area contributed by atoms with Gasteiger partial charge in [-0.25, -0.2) is 4.98 Å². The Morgan fingerprint density at radius 2 is 2.00 bits per heavy atom. The Morgan fingerprint density at radius 1 is 1.17 bits per heavy atom. The zero-order valence-electron chi connectivity index (χ0n) is 15.4. The Kier molecular flexibility index (Phi) is 6.33. The third-order valence-electron chi connectivity index (χ3n) is 4.22. The van der Waals surface area contributed by atoms with Gasteiger partial charge < -0.3 is 0 Å². The van der Waals surface area contributed by atoms with E-state index in [4.69, 9.17) is 0 Å². The Hall–Kier alpha value is -2.86. The smallest absolute Gasteiger partial charge is 0.173 e. The lowest BCUT2D eigenvalue weighted by Crippen LogP contribution is -2.04. The summed E-state index contributed by atoms with van der Waals surface area (Å²) < 4.78 is 0.914. The van der Waals surface area contributed by atoms with Crippen LogP contribution in [0.1, 0.15) is 15.9 Å². The van der Waals surface area contributed by atoms with Crippen LogP contribution in [0.4, 0.5) is 0 Å². The second-order valence-electron chi connectivity index (χ2n) is 6.13. The molecule has 0 saturated heterocycles. The van der Waals surface area contributed by atoms with Gasteiger partial charge >= 0.3 is 0 Å². The maximum absolute atomic E-state index is 12.6. The van der Waals surface area contributed by atoms with E-state index in [2.05, 4.69) is 37.0 Å². The van der Waals surface area contributed by atoms with E-state index >= 15 is 0 Å². The quantitative estimate of drug-likeness (QED) is 0.247. The minimum absolute atomic E-state index is 0.0271. The predicted octanol–water partition coefficient (Wildman–Crippen LogP) is 5.88. The number of pyridine rings is 1. The van der Waals surface area contributed by atoms with Gasteiger partial charge in [0, 0.05) is 32.9 Å². The van der Waals surface area contributed by atoms with Crippen molar-refractivity contribution >= 4 is 44.8 Å². The van der Waals surface area contributed by atoms with E-state index in [0.717, 1.165) is 14.9 Å². The molecule has 0 unspecified atom stereocenters. The molecular formula is C22H13BrN4OS2. The number of rotatable bonds is 6. The average Bonchev–Trinajstić information content (AvgIpc) is 3.32. The third kappa shape index (κ3) is 4.49. The van der Waals surface area contributed by atoms with E-state index in [1.54, 1.807) is 42.1 Å². The molecule has 1 aromatic carbocycles. The summed E-state index contributed by atoms with van der Waals surface area (Å²) in [4.78, 5) is 26.7. The van der Waals surface area contributed by atoms with Gasteiger partial charge in [0.25, 0.3) is 0 Å². The van der Waals surface area contributed by atoms with Gasteiger partial charge in [-0.2, -0.15) is 5.26 Å². The number of Topliss-reactive ketones (excluding diaryl/α,β-unsaturated/α-hetero) is 1. The SMILES string of the molecule is N#Cc1c(-c2cccs2)cc(-c2cnccn2)nc1SCC(=O)c1ccc(Br)cc1. The van der Waals surface area contributed by atoms with Crippen molar-refractivity contribution in [2.45, 2.75) is 5.03 Å². The zero-order valence-corrected chi connectivity index (χ0v) is 18.7. The Labute approximate surface area is 190 Å². The van der Waals surface area contributed by atoms with Gasteiger partial charge in [0.2, 0.25) is 0 Å². The van der Waals surface area contributed by atoms with E-state index in [0.29, 0.717) is 27.5 Å². The molecule has 3 aromatic heterocycles. The van der Waals surface area contributed by atoms with Crippen molar-refractivity contribution in [3.05, 3.63) is 82.0 Å². The Balaban J connectivity index is 1.72. The number of thioether (sulfide) groups is 1. The molecule has 0 N–H and O–H groups in total. The normalized spacial score (nSPS) is 10.5. The molecule has 8 heteroatoms. The highest BCUT2D eigenvalue weighted by Crippen LogP contribution is 2.35. The molecule has 30 heavy (non-hydrogen) atoms. The monoisotopic (exact) mass is 492 g/mol. The predicted molar refractivity (Wildman–Crippen MR) is 122 cm³/mol. The second kappa shape index (κ2) is 9.30. The number of nitrogens with zero attached hydrogens (tertiary/aromatic N) is 4. The van der Waals surface area contributed by atoms with Crippen LogP contribution in [-0.2, 0) is 0 Å². The lowest BCUT2D eigenvalue weighted by Gasteiger charge is -2.11. The number of benzene rings is 1.